The van der Waals surface area contributed by atoms with Crippen LogP contribution in [0.15, 0.2) is 36.5 Å². The van der Waals surface area contributed by atoms with Gasteiger partial charge in [-0.2, -0.15) is 0 Å². The van der Waals surface area contributed by atoms with Crippen molar-refractivity contribution in [2.24, 2.45) is 0 Å². The molecule has 0 radical (unpaired) electrons. The minimum atomic E-state index is -1.14. The molecule has 0 amide bonds. The fourth-order valence-corrected chi connectivity index (χ4v) is 5.01. The molecule has 0 rings (SSSR count). The number of carbonyl (C=O) groups is 3. The molecule has 8 heteroatoms. The Bertz CT molecular complexity index is 860. The van der Waals surface area contributed by atoms with Crippen LogP contribution in [0.2, 0.25) is 0 Å². The third-order valence-electron chi connectivity index (χ3n) is 7.82. The lowest BCUT2D eigenvalue weighted by molar-refractivity contribution is -0.889. The molecule has 2 unspecified atom stereocenters. The molecule has 0 N–H and O–H groups in total. The number of hydrogen-bond donors (Lipinski definition) is 0. The first kappa shape index (κ1) is 43.5. The molecule has 46 heavy (non-hydrogen) atoms. The fourth-order valence-electron chi connectivity index (χ4n) is 5.01. The normalized spacial score (nSPS) is 13.5. The Morgan fingerprint density at radius 3 is 1.72 bits per heavy atom. The van der Waals surface area contributed by atoms with E-state index in [1.807, 2.05) is 12.2 Å². The number of carbonyl (C=O) groups excluding carboxylic acids is 3. The van der Waals surface area contributed by atoms with Crippen LogP contribution in [-0.2, 0) is 28.6 Å². The highest BCUT2D eigenvalue weighted by Crippen LogP contribution is 2.13. The van der Waals surface area contributed by atoms with Crippen molar-refractivity contribution < 1.29 is 38.2 Å². The maximum Gasteiger partial charge on any atom is 0.310 e. The lowest BCUT2D eigenvalue weighted by Gasteiger charge is -2.34. The van der Waals surface area contributed by atoms with E-state index >= 15 is 0 Å². The molecule has 0 fully saturated rings. The lowest BCUT2D eigenvalue weighted by atomic mass is 10.0. The van der Waals surface area contributed by atoms with E-state index in [-0.39, 0.29) is 43.1 Å². The number of quaternary nitrogens is 1. The summed E-state index contributed by atoms with van der Waals surface area (Å²) in [7, 11) is 5.36. The summed E-state index contributed by atoms with van der Waals surface area (Å²) >= 11 is 0. The molecule has 0 bridgehead atoms. The highest BCUT2D eigenvalue weighted by molar-refractivity contribution is 5.71. The smallest absolute Gasteiger partial charge is 0.310 e. The molecule has 0 saturated heterocycles. The summed E-state index contributed by atoms with van der Waals surface area (Å²) in [5.41, 5.74) is 0. The predicted molar refractivity (Wildman–Crippen MR) is 185 cm³/mol. The van der Waals surface area contributed by atoms with E-state index < -0.39 is 24.1 Å². The van der Waals surface area contributed by atoms with Crippen molar-refractivity contribution in [3.05, 3.63) is 36.5 Å². The summed E-state index contributed by atoms with van der Waals surface area (Å²) in [4.78, 5) is 36.4. The topological polar surface area (TPSA) is 102 Å². The number of carboxylic acid groups (broad SMARTS) is 1. The minimum absolute atomic E-state index is 0.00635. The first-order valence-corrected chi connectivity index (χ1v) is 18.0. The summed E-state index contributed by atoms with van der Waals surface area (Å²) in [5.74, 6) is -1.89. The van der Waals surface area contributed by atoms with E-state index in [9.17, 15) is 19.5 Å². The monoisotopic (exact) mass is 649 g/mol. The van der Waals surface area contributed by atoms with E-state index in [4.69, 9.17) is 14.2 Å². The van der Waals surface area contributed by atoms with E-state index in [0.717, 1.165) is 38.5 Å². The number of hydrogen-bond acceptors (Lipinski definition) is 7. The third kappa shape index (κ3) is 27.8. The van der Waals surface area contributed by atoms with Gasteiger partial charge >= 0.3 is 11.9 Å². The van der Waals surface area contributed by atoms with Gasteiger partial charge in [0.25, 0.3) is 0 Å². The van der Waals surface area contributed by atoms with Gasteiger partial charge < -0.3 is 28.6 Å². The standard InChI is InChI=1S/C38H67NO7/c1-6-8-10-12-14-16-17-18-19-21-22-24-26-28-36(40)45-33-34(32-44-31-30-35(38(42)43)39(3,4)5)46-37(41)29-27-25-23-20-15-13-11-9-7-2/h9,11,15,20,25,27,34-35H,6-8,10,12-14,16-19,21-24,26,28-33H2,1-5H3/b11-9+,20-15+,27-25+. The van der Waals surface area contributed by atoms with Crippen molar-refractivity contribution in [1.29, 1.82) is 0 Å². The highest BCUT2D eigenvalue weighted by Gasteiger charge is 2.25. The molecule has 0 aliphatic rings. The maximum absolute atomic E-state index is 12.5. The van der Waals surface area contributed by atoms with Crippen LogP contribution in [0.4, 0.5) is 0 Å². The molecule has 0 aromatic rings. The first-order valence-electron chi connectivity index (χ1n) is 18.0. The molecular weight excluding hydrogens is 582 g/mol. The van der Waals surface area contributed by atoms with Crippen molar-refractivity contribution in [3.8, 4) is 0 Å². The van der Waals surface area contributed by atoms with Crippen LogP contribution < -0.4 is 5.11 Å². The van der Waals surface area contributed by atoms with Crippen LogP contribution >= 0.6 is 0 Å². The number of carboxylic acids is 1. The molecule has 0 aromatic carbocycles. The summed E-state index contributed by atoms with van der Waals surface area (Å²) < 4.78 is 16.9. The van der Waals surface area contributed by atoms with Crippen LogP contribution in [-0.4, -0.2) is 75.5 Å². The first-order chi connectivity index (χ1) is 22.1. The third-order valence-corrected chi connectivity index (χ3v) is 7.82. The van der Waals surface area contributed by atoms with Gasteiger partial charge in [0.05, 0.1) is 46.7 Å². The zero-order chi connectivity index (χ0) is 34.3. The Kier molecular flexibility index (Phi) is 28.3. The van der Waals surface area contributed by atoms with Crippen molar-refractivity contribution >= 4 is 17.9 Å². The van der Waals surface area contributed by atoms with Gasteiger partial charge in [-0.25, -0.2) is 0 Å². The molecule has 0 spiro atoms. The molecule has 0 aromatic heterocycles. The molecular formula is C38H67NO7. The van der Waals surface area contributed by atoms with E-state index in [2.05, 4.69) is 32.1 Å². The molecule has 266 valence electrons. The molecule has 0 saturated carbocycles. The second-order valence-corrected chi connectivity index (χ2v) is 13.1. The molecule has 2 atom stereocenters. The van der Waals surface area contributed by atoms with Crippen molar-refractivity contribution in [1.82, 2.24) is 0 Å². The SMILES string of the molecule is CC/C=C/C/C=C/C/C=C/CC(=O)OC(COCCC(C(=O)[O-])[N+](C)(C)C)COC(=O)CCCCCCCCCCCCCCC. The summed E-state index contributed by atoms with van der Waals surface area (Å²) in [6.45, 7) is 4.41. The zero-order valence-electron chi connectivity index (χ0n) is 30.0. The average Bonchev–Trinajstić information content (AvgIpc) is 3.00. The molecule has 8 nitrogen and oxygen atoms in total. The largest absolute Gasteiger partial charge is 0.544 e. The molecule has 0 aliphatic heterocycles. The lowest BCUT2D eigenvalue weighted by Crippen LogP contribution is -2.55. The van der Waals surface area contributed by atoms with Gasteiger partial charge in [-0.05, 0) is 25.7 Å². The Morgan fingerprint density at radius 1 is 0.674 bits per heavy atom. The van der Waals surface area contributed by atoms with Gasteiger partial charge in [0.15, 0.2) is 6.10 Å². The highest BCUT2D eigenvalue weighted by atomic mass is 16.6. The Morgan fingerprint density at radius 2 is 1.20 bits per heavy atom. The minimum Gasteiger partial charge on any atom is -0.544 e. The van der Waals surface area contributed by atoms with Crippen LogP contribution in [0.3, 0.4) is 0 Å². The number of ether oxygens (including phenoxy) is 3. The molecule has 0 heterocycles. The van der Waals surface area contributed by atoms with E-state index in [1.54, 1.807) is 27.2 Å². The average molecular weight is 650 g/mol. The number of nitrogens with zero attached hydrogens (tertiary/aromatic N) is 1. The number of rotatable bonds is 31. The fraction of sp³-hybridized carbons (Fsp3) is 0.763. The Labute approximate surface area is 281 Å². The second-order valence-electron chi connectivity index (χ2n) is 13.1. The van der Waals surface area contributed by atoms with E-state index in [0.29, 0.717) is 6.42 Å². The van der Waals surface area contributed by atoms with Gasteiger partial charge in [0.1, 0.15) is 12.6 Å². The van der Waals surface area contributed by atoms with Gasteiger partial charge in [-0.15, -0.1) is 0 Å². The Balaban J connectivity index is 4.50. The Hall–Kier alpha value is -2.45. The van der Waals surface area contributed by atoms with Crippen LogP contribution in [0.1, 0.15) is 136 Å². The van der Waals surface area contributed by atoms with Crippen molar-refractivity contribution in [2.75, 3.05) is 41.0 Å². The van der Waals surface area contributed by atoms with Gasteiger partial charge in [0, 0.05) is 12.8 Å². The maximum atomic E-state index is 12.5. The van der Waals surface area contributed by atoms with Crippen molar-refractivity contribution in [2.45, 2.75) is 148 Å². The van der Waals surface area contributed by atoms with Gasteiger partial charge in [-0.1, -0.05) is 127 Å². The number of aliphatic carboxylic acids is 1. The number of allylic oxidation sites excluding steroid dienone is 5. The predicted octanol–water partition coefficient (Wildman–Crippen LogP) is 7.40. The summed E-state index contributed by atoms with van der Waals surface area (Å²) in [6.07, 6.45) is 30.7. The quantitative estimate of drug-likeness (QED) is 0.0334. The zero-order valence-corrected chi connectivity index (χ0v) is 30.0. The number of likely N-dealkylation sites (N-methyl/N-ethyl adjacent to an activating group) is 1. The van der Waals surface area contributed by atoms with Gasteiger partial charge in [0.2, 0.25) is 0 Å². The summed E-state index contributed by atoms with van der Waals surface area (Å²) in [6, 6.07) is -0.735. The summed E-state index contributed by atoms with van der Waals surface area (Å²) in [5, 5.41) is 11.5. The second kappa shape index (κ2) is 29.9. The van der Waals surface area contributed by atoms with Crippen LogP contribution in [0.25, 0.3) is 0 Å². The van der Waals surface area contributed by atoms with Gasteiger partial charge in [-0.3, -0.25) is 9.59 Å². The van der Waals surface area contributed by atoms with Crippen molar-refractivity contribution in [3.63, 3.8) is 0 Å². The van der Waals surface area contributed by atoms with Crippen LogP contribution in [0, 0.1) is 0 Å². The van der Waals surface area contributed by atoms with Crippen LogP contribution in [0.5, 0.6) is 0 Å². The number of unbranched alkanes of at least 4 members (excludes halogenated alkanes) is 12. The molecule has 0 aliphatic carbocycles. The van der Waals surface area contributed by atoms with E-state index in [1.165, 1.54) is 64.2 Å². The number of esters is 2.